The lowest BCUT2D eigenvalue weighted by Crippen LogP contribution is -2.40. The van der Waals surface area contributed by atoms with Gasteiger partial charge in [0.25, 0.3) is 0 Å². The van der Waals surface area contributed by atoms with E-state index in [1.165, 1.54) is 30.4 Å². The van der Waals surface area contributed by atoms with Gasteiger partial charge in [-0.3, -0.25) is 19.2 Å². The molecule has 0 aliphatic rings. The lowest BCUT2D eigenvalue weighted by atomic mass is 10.0. The minimum absolute atomic E-state index is 0. The van der Waals surface area contributed by atoms with Gasteiger partial charge in [0.1, 0.15) is 17.3 Å². The molecule has 8 nitrogen and oxygen atoms in total. The van der Waals surface area contributed by atoms with Gasteiger partial charge in [0.2, 0.25) is 0 Å². The maximum atomic E-state index is 11.0. The Kier molecular flexibility index (Phi) is 29.2. The summed E-state index contributed by atoms with van der Waals surface area (Å²) in [6.07, 6.45) is 0.747. The Balaban J connectivity index is -0.000000153. The first-order valence-electron chi connectivity index (χ1n) is 14.7. The van der Waals surface area contributed by atoms with Crippen LogP contribution in [0.25, 0.3) is 0 Å². The van der Waals surface area contributed by atoms with E-state index >= 15 is 0 Å². The van der Waals surface area contributed by atoms with E-state index in [1.807, 2.05) is 90.0 Å². The van der Waals surface area contributed by atoms with Crippen LogP contribution in [-0.2, 0) is 38.1 Å². The zero-order valence-electron chi connectivity index (χ0n) is 31.0. The standard InChI is InChI=1S/C10H20O2.C9H18O2.2C7H14O2S.CH4/c1-8(11)7-10(5,6)12-9(2,3)4;1-7(10)9(5,6)11-8(2,3)4;1-6(8)10-5-9-7(2,3)4;1-6(2)9-4-5-10-7(3)8;/h7H2,1-6H3;1-6H3;5H2,1-4H3;6H,4-5H2,1-3H3;1H4. The molecule has 0 saturated heterocycles. The number of thioether (sulfide) groups is 2. The van der Waals surface area contributed by atoms with Gasteiger partial charge < -0.3 is 18.9 Å². The van der Waals surface area contributed by atoms with Gasteiger partial charge in [-0.25, -0.2) is 0 Å². The van der Waals surface area contributed by atoms with Gasteiger partial charge >= 0.3 is 0 Å². The quantitative estimate of drug-likeness (QED) is 0.156. The summed E-state index contributed by atoms with van der Waals surface area (Å²) in [6, 6.07) is 0. The highest BCUT2D eigenvalue weighted by Gasteiger charge is 2.30. The van der Waals surface area contributed by atoms with Crippen molar-refractivity contribution in [1.82, 2.24) is 0 Å². The molecular weight excluding hydrogens is 601 g/mol. The summed E-state index contributed by atoms with van der Waals surface area (Å²) in [5.74, 6) is 1.46. The minimum atomic E-state index is -0.655. The fourth-order valence-corrected chi connectivity index (χ4v) is 4.11. The largest absolute Gasteiger partial charge is 0.378 e. The Hall–Kier alpha value is -0.780. The van der Waals surface area contributed by atoms with Crippen LogP contribution in [0.4, 0.5) is 0 Å². The summed E-state index contributed by atoms with van der Waals surface area (Å²) in [4.78, 5) is 42.7. The number of carbonyl (C=O) groups is 4. The van der Waals surface area contributed by atoms with Crippen LogP contribution in [0.2, 0.25) is 0 Å². The van der Waals surface area contributed by atoms with Crippen molar-refractivity contribution in [3.8, 4) is 0 Å². The molecule has 0 aromatic rings. The maximum Gasteiger partial charge on any atom is 0.188 e. The van der Waals surface area contributed by atoms with Gasteiger partial charge in [-0.2, -0.15) is 0 Å². The van der Waals surface area contributed by atoms with Crippen LogP contribution < -0.4 is 0 Å². The van der Waals surface area contributed by atoms with Crippen LogP contribution in [0.1, 0.15) is 145 Å². The molecule has 0 rings (SSSR count). The summed E-state index contributed by atoms with van der Waals surface area (Å²) in [7, 11) is 0. The first-order valence-corrected chi connectivity index (χ1v) is 16.7. The third-order valence-corrected chi connectivity index (χ3v) is 5.68. The zero-order valence-corrected chi connectivity index (χ0v) is 32.6. The van der Waals surface area contributed by atoms with Gasteiger partial charge in [-0.15, -0.1) is 0 Å². The van der Waals surface area contributed by atoms with Crippen LogP contribution in [-0.4, -0.2) is 74.2 Å². The third kappa shape index (κ3) is 50.8. The van der Waals surface area contributed by atoms with Crippen molar-refractivity contribution in [2.24, 2.45) is 0 Å². The molecule has 0 aromatic carbocycles. The minimum Gasteiger partial charge on any atom is -0.378 e. The van der Waals surface area contributed by atoms with E-state index in [4.69, 9.17) is 18.9 Å². The van der Waals surface area contributed by atoms with Gasteiger partial charge in [0, 0.05) is 26.0 Å². The maximum absolute atomic E-state index is 11.0. The highest BCUT2D eigenvalue weighted by Crippen LogP contribution is 2.23. The van der Waals surface area contributed by atoms with Crippen LogP contribution in [0.15, 0.2) is 0 Å². The first-order chi connectivity index (χ1) is 18.8. The molecule has 0 atom stereocenters. The second-order valence-electron chi connectivity index (χ2n) is 14.4. The summed E-state index contributed by atoms with van der Waals surface area (Å²) < 4.78 is 21.8. The van der Waals surface area contributed by atoms with E-state index in [9.17, 15) is 19.2 Å². The monoisotopic (exact) mass is 670 g/mol. The van der Waals surface area contributed by atoms with Gasteiger partial charge in [0.05, 0.1) is 35.1 Å². The molecular formula is C34H70O8S2. The van der Waals surface area contributed by atoms with E-state index in [2.05, 4.69) is 0 Å². The zero-order chi connectivity index (χ0) is 35.5. The van der Waals surface area contributed by atoms with E-state index in [0.717, 1.165) is 5.75 Å². The van der Waals surface area contributed by atoms with Crippen molar-refractivity contribution in [3.63, 3.8) is 0 Å². The lowest BCUT2D eigenvalue weighted by molar-refractivity contribution is -0.155. The van der Waals surface area contributed by atoms with Crippen molar-refractivity contribution in [2.75, 3.05) is 18.3 Å². The SMILES string of the molecule is C.CC(=O)C(C)(C)OC(C)(C)C.CC(=O)CC(C)(C)OC(C)(C)C.CC(=O)SCCOC(C)C.CC(=O)SCOC(C)(C)C. The van der Waals surface area contributed by atoms with E-state index < -0.39 is 5.60 Å². The Morgan fingerprint density at radius 1 is 0.636 bits per heavy atom. The van der Waals surface area contributed by atoms with Crippen molar-refractivity contribution in [1.29, 1.82) is 0 Å². The Morgan fingerprint density at radius 3 is 1.30 bits per heavy atom. The molecule has 44 heavy (non-hydrogen) atoms. The highest BCUT2D eigenvalue weighted by atomic mass is 32.2. The second-order valence-corrected chi connectivity index (χ2v) is 16.8. The number of Topliss-reactive ketones (excluding diaryl/α,β-unsaturated/α-hetero) is 2. The predicted molar refractivity (Wildman–Crippen MR) is 191 cm³/mol. The lowest BCUT2D eigenvalue weighted by Gasteiger charge is -2.33. The first kappa shape index (κ1) is 52.7. The number of ether oxygens (including phenoxy) is 4. The molecule has 0 aliphatic carbocycles. The number of hydrogen-bond acceptors (Lipinski definition) is 10. The Bertz CT molecular complexity index is 800. The fraction of sp³-hybridized carbons (Fsp3) is 0.882. The van der Waals surface area contributed by atoms with Crippen molar-refractivity contribution < 1.29 is 38.1 Å². The number of hydrogen-bond donors (Lipinski definition) is 0. The molecule has 0 saturated carbocycles. The molecule has 0 spiro atoms. The normalized spacial score (nSPS) is 11.9. The van der Waals surface area contributed by atoms with Crippen LogP contribution >= 0.6 is 23.5 Å². The molecule has 0 aliphatic heterocycles. The Morgan fingerprint density at radius 2 is 1.05 bits per heavy atom. The predicted octanol–water partition coefficient (Wildman–Crippen LogP) is 9.09. The molecule has 0 amide bonds. The van der Waals surface area contributed by atoms with Crippen molar-refractivity contribution >= 4 is 45.3 Å². The summed E-state index contributed by atoms with van der Waals surface area (Å²) >= 11 is 2.51. The van der Waals surface area contributed by atoms with E-state index in [0.29, 0.717) is 19.0 Å². The van der Waals surface area contributed by atoms with Crippen molar-refractivity contribution in [2.45, 2.75) is 180 Å². The highest BCUT2D eigenvalue weighted by molar-refractivity contribution is 8.13. The van der Waals surface area contributed by atoms with Gasteiger partial charge in [-0.05, 0) is 118 Å². The molecule has 0 aromatic heterocycles. The summed E-state index contributed by atoms with van der Waals surface area (Å²) in [6.45, 7) is 36.1. The summed E-state index contributed by atoms with van der Waals surface area (Å²) in [5.41, 5.74) is -1.57. The molecule has 0 heterocycles. The smallest absolute Gasteiger partial charge is 0.188 e. The topological polar surface area (TPSA) is 105 Å². The number of carbonyl (C=O) groups excluding carboxylic acids is 4. The second kappa shape index (κ2) is 24.4. The average Bonchev–Trinajstić information content (AvgIpc) is 2.66. The average molecular weight is 671 g/mol. The van der Waals surface area contributed by atoms with Gasteiger partial charge in [-0.1, -0.05) is 31.0 Å². The van der Waals surface area contributed by atoms with Gasteiger partial charge in [0.15, 0.2) is 16.0 Å². The molecule has 0 bridgehead atoms. The van der Waals surface area contributed by atoms with Crippen LogP contribution in [0.3, 0.4) is 0 Å². The van der Waals surface area contributed by atoms with Crippen molar-refractivity contribution in [3.05, 3.63) is 0 Å². The molecule has 0 N–H and O–H groups in total. The fourth-order valence-electron chi connectivity index (χ4n) is 3.06. The molecule has 266 valence electrons. The third-order valence-electron chi connectivity index (χ3n) is 4.26. The van der Waals surface area contributed by atoms with E-state index in [1.54, 1.807) is 34.6 Å². The molecule has 0 radical (unpaired) electrons. The molecule has 0 fully saturated rings. The number of rotatable bonds is 11. The van der Waals surface area contributed by atoms with E-state index in [-0.39, 0.29) is 57.7 Å². The molecule has 0 unspecified atom stereocenters. The summed E-state index contributed by atoms with van der Waals surface area (Å²) in [5, 5.41) is 0.261. The number of ketones is 2. The van der Waals surface area contributed by atoms with Crippen LogP contribution in [0, 0.1) is 0 Å². The molecule has 10 heteroatoms. The van der Waals surface area contributed by atoms with Crippen LogP contribution in [0.5, 0.6) is 0 Å². The Labute approximate surface area is 280 Å².